The molecule has 0 spiro atoms. The molecular formula is C15H12Cl2N2O3S. The van der Waals surface area contributed by atoms with E-state index in [-0.39, 0.29) is 30.0 Å². The van der Waals surface area contributed by atoms with E-state index in [2.05, 4.69) is 10.3 Å². The number of nitrogens with zero attached hydrogens (tertiary/aromatic N) is 1. The lowest BCUT2D eigenvalue weighted by atomic mass is 10.1. The highest BCUT2D eigenvalue weighted by atomic mass is 35.5. The zero-order valence-electron chi connectivity index (χ0n) is 11.8. The number of thiazole rings is 1. The Balaban J connectivity index is 1.55. The number of carbonyl (C=O) groups is 2. The molecule has 2 aromatic rings. The summed E-state index contributed by atoms with van der Waals surface area (Å²) in [5, 5.41) is 14.6. The molecule has 0 aliphatic heterocycles. The van der Waals surface area contributed by atoms with Gasteiger partial charge < -0.3 is 10.4 Å². The lowest BCUT2D eigenvalue weighted by Gasteiger charge is -2.04. The van der Waals surface area contributed by atoms with Gasteiger partial charge >= 0.3 is 5.97 Å². The predicted octanol–water partition coefficient (Wildman–Crippen LogP) is 3.57. The van der Waals surface area contributed by atoms with Crippen molar-refractivity contribution in [1.29, 1.82) is 0 Å². The van der Waals surface area contributed by atoms with Gasteiger partial charge in [-0.05, 0) is 30.0 Å². The van der Waals surface area contributed by atoms with Crippen LogP contribution in [0.1, 0.15) is 33.4 Å². The fourth-order valence-electron chi connectivity index (χ4n) is 2.38. The van der Waals surface area contributed by atoms with Gasteiger partial charge in [-0.25, -0.2) is 9.78 Å². The molecule has 2 atom stereocenters. The molecule has 1 heterocycles. The molecule has 5 nitrogen and oxygen atoms in total. The van der Waals surface area contributed by atoms with Crippen molar-refractivity contribution in [2.45, 2.75) is 18.9 Å². The minimum absolute atomic E-state index is 0.000599. The Kier molecular flexibility index (Phi) is 4.57. The van der Waals surface area contributed by atoms with Crippen molar-refractivity contribution >= 4 is 46.4 Å². The Morgan fingerprint density at radius 3 is 2.78 bits per heavy atom. The number of carboxylic acids is 1. The molecule has 2 unspecified atom stereocenters. The first-order chi connectivity index (χ1) is 11.0. The van der Waals surface area contributed by atoms with E-state index in [1.807, 2.05) is 6.07 Å². The van der Waals surface area contributed by atoms with E-state index in [4.69, 9.17) is 28.3 Å². The molecule has 1 saturated carbocycles. The van der Waals surface area contributed by atoms with Crippen LogP contribution in [-0.4, -0.2) is 22.0 Å². The Morgan fingerprint density at radius 2 is 2.13 bits per heavy atom. The van der Waals surface area contributed by atoms with Crippen LogP contribution >= 0.6 is 34.5 Å². The summed E-state index contributed by atoms with van der Waals surface area (Å²) in [4.78, 5) is 26.8. The van der Waals surface area contributed by atoms with Crippen molar-refractivity contribution in [2.75, 3.05) is 0 Å². The number of hydrogen-bond acceptors (Lipinski definition) is 4. The monoisotopic (exact) mass is 370 g/mol. The lowest BCUT2D eigenvalue weighted by molar-refractivity contribution is -0.122. The van der Waals surface area contributed by atoms with Crippen LogP contribution in [0, 0.1) is 5.92 Å². The topological polar surface area (TPSA) is 79.3 Å². The zero-order valence-corrected chi connectivity index (χ0v) is 14.1. The predicted molar refractivity (Wildman–Crippen MR) is 88.2 cm³/mol. The van der Waals surface area contributed by atoms with E-state index < -0.39 is 5.97 Å². The number of halogens is 2. The number of nitrogens with one attached hydrogen (secondary N) is 1. The summed E-state index contributed by atoms with van der Waals surface area (Å²) in [7, 11) is 0. The van der Waals surface area contributed by atoms with Gasteiger partial charge in [0.2, 0.25) is 5.91 Å². The summed E-state index contributed by atoms with van der Waals surface area (Å²) in [6.07, 6.45) is 0.766. The molecule has 0 bridgehead atoms. The van der Waals surface area contributed by atoms with Crippen molar-refractivity contribution in [3.63, 3.8) is 0 Å². The molecule has 1 fully saturated rings. The van der Waals surface area contributed by atoms with Crippen LogP contribution in [0.5, 0.6) is 0 Å². The molecular weight excluding hydrogens is 359 g/mol. The Hall–Kier alpha value is -1.63. The molecule has 1 amide bonds. The molecule has 0 saturated heterocycles. The van der Waals surface area contributed by atoms with Gasteiger partial charge in [-0.1, -0.05) is 29.3 Å². The summed E-state index contributed by atoms with van der Waals surface area (Å²) in [5.74, 6) is -1.07. The van der Waals surface area contributed by atoms with Gasteiger partial charge in [0.05, 0.1) is 16.6 Å². The van der Waals surface area contributed by atoms with Crippen LogP contribution in [0.4, 0.5) is 0 Å². The van der Waals surface area contributed by atoms with Gasteiger partial charge in [-0.3, -0.25) is 4.79 Å². The number of amides is 1. The van der Waals surface area contributed by atoms with Gasteiger partial charge in [0.25, 0.3) is 0 Å². The summed E-state index contributed by atoms with van der Waals surface area (Å²) < 4.78 is 0. The van der Waals surface area contributed by atoms with E-state index in [1.165, 1.54) is 16.7 Å². The van der Waals surface area contributed by atoms with Gasteiger partial charge in [-0.15, -0.1) is 11.3 Å². The number of carbonyl (C=O) groups excluding carboxylic acids is 1. The molecule has 2 N–H and O–H groups in total. The summed E-state index contributed by atoms with van der Waals surface area (Å²) in [6.45, 7) is 0.237. The van der Waals surface area contributed by atoms with Gasteiger partial charge in [0.15, 0.2) is 5.69 Å². The van der Waals surface area contributed by atoms with Crippen LogP contribution in [0.3, 0.4) is 0 Å². The maximum absolute atomic E-state index is 12.1. The SMILES string of the molecule is O=C(O)c1csc(CNC(=O)C2CC2c2ccc(Cl)c(Cl)c2)n1. The average molecular weight is 371 g/mol. The first kappa shape index (κ1) is 16.2. The normalized spacial score (nSPS) is 19.4. The van der Waals surface area contributed by atoms with Crippen molar-refractivity contribution in [2.24, 2.45) is 5.92 Å². The summed E-state index contributed by atoms with van der Waals surface area (Å²) in [5.41, 5.74) is 1.00. The van der Waals surface area contributed by atoms with E-state index in [0.717, 1.165) is 12.0 Å². The second kappa shape index (κ2) is 6.47. The molecule has 1 aliphatic carbocycles. The second-order valence-electron chi connectivity index (χ2n) is 5.27. The van der Waals surface area contributed by atoms with Crippen molar-refractivity contribution in [3.05, 3.63) is 49.9 Å². The number of rotatable bonds is 5. The quantitative estimate of drug-likeness (QED) is 0.842. The molecule has 1 aromatic heterocycles. The molecule has 8 heteroatoms. The van der Waals surface area contributed by atoms with E-state index in [9.17, 15) is 9.59 Å². The van der Waals surface area contributed by atoms with Crippen LogP contribution in [0.25, 0.3) is 0 Å². The number of aromatic nitrogens is 1. The van der Waals surface area contributed by atoms with E-state index in [1.54, 1.807) is 12.1 Å². The molecule has 120 valence electrons. The van der Waals surface area contributed by atoms with Gasteiger partial charge in [0, 0.05) is 11.3 Å². The van der Waals surface area contributed by atoms with Gasteiger partial charge in [0.1, 0.15) is 5.01 Å². The third kappa shape index (κ3) is 3.65. The lowest BCUT2D eigenvalue weighted by Crippen LogP contribution is -2.24. The first-order valence-corrected chi connectivity index (χ1v) is 8.49. The molecule has 1 aliphatic rings. The van der Waals surface area contributed by atoms with E-state index >= 15 is 0 Å². The third-order valence-electron chi connectivity index (χ3n) is 3.68. The van der Waals surface area contributed by atoms with Crippen LogP contribution in [-0.2, 0) is 11.3 Å². The fourth-order valence-corrected chi connectivity index (χ4v) is 3.39. The number of aromatic carboxylic acids is 1. The Labute approximate surface area is 146 Å². The van der Waals surface area contributed by atoms with Crippen LogP contribution in [0.15, 0.2) is 23.6 Å². The standard InChI is InChI=1S/C15H12Cl2N2O3S/c16-10-2-1-7(3-11(10)17)8-4-9(8)14(20)18-5-13-19-12(6-23-13)15(21)22/h1-3,6,8-9H,4-5H2,(H,18,20)(H,21,22). The maximum Gasteiger partial charge on any atom is 0.355 e. The second-order valence-corrected chi connectivity index (χ2v) is 7.03. The highest BCUT2D eigenvalue weighted by Crippen LogP contribution is 2.48. The number of carboxylic acid groups (broad SMARTS) is 1. The maximum atomic E-state index is 12.1. The molecule has 3 rings (SSSR count). The highest BCUT2D eigenvalue weighted by Gasteiger charge is 2.43. The minimum Gasteiger partial charge on any atom is -0.476 e. The fraction of sp³-hybridized carbons (Fsp3) is 0.267. The third-order valence-corrected chi connectivity index (χ3v) is 5.27. The Bertz CT molecular complexity index is 778. The summed E-state index contributed by atoms with van der Waals surface area (Å²) in [6, 6.07) is 5.41. The van der Waals surface area contributed by atoms with Crippen LogP contribution < -0.4 is 5.32 Å². The molecule has 23 heavy (non-hydrogen) atoms. The molecule has 0 radical (unpaired) electrons. The van der Waals surface area contributed by atoms with Gasteiger partial charge in [-0.2, -0.15) is 0 Å². The van der Waals surface area contributed by atoms with Crippen molar-refractivity contribution in [1.82, 2.24) is 10.3 Å². The number of benzene rings is 1. The summed E-state index contributed by atoms with van der Waals surface area (Å²) >= 11 is 13.1. The first-order valence-electron chi connectivity index (χ1n) is 6.86. The van der Waals surface area contributed by atoms with E-state index in [0.29, 0.717) is 15.1 Å². The molecule has 1 aromatic carbocycles. The highest BCUT2D eigenvalue weighted by molar-refractivity contribution is 7.09. The smallest absolute Gasteiger partial charge is 0.355 e. The average Bonchev–Trinajstić information content (AvgIpc) is 3.17. The van der Waals surface area contributed by atoms with Crippen LogP contribution in [0.2, 0.25) is 10.0 Å². The largest absolute Gasteiger partial charge is 0.476 e. The minimum atomic E-state index is -1.07. The Morgan fingerprint density at radius 1 is 1.35 bits per heavy atom. The number of hydrogen-bond donors (Lipinski definition) is 2. The van der Waals surface area contributed by atoms with Crippen molar-refractivity contribution < 1.29 is 14.7 Å². The van der Waals surface area contributed by atoms with Crippen molar-refractivity contribution in [3.8, 4) is 0 Å². The zero-order chi connectivity index (χ0) is 16.6.